The van der Waals surface area contributed by atoms with Gasteiger partial charge in [0.15, 0.2) is 0 Å². The smallest absolute Gasteiger partial charge is 0.251 e. The summed E-state index contributed by atoms with van der Waals surface area (Å²) in [5, 5.41) is 3.15. The lowest BCUT2D eigenvalue weighted by molar-refractivity contribution is 0.0933. The summed E-state index contributed by atoms with van der Waals surface area (Å²) in [6, 6.07) is 16.5. The molecule has 1 atom stereocenters. The number of carbonyl (C=O) groups is 1. The van der Waals surface area contributed by atoms with Crippen molar-refractivity contribution in [3.63, 3.8) is 0 Å². The summed E-state index contributed by atoms with van der Waals surface area (Å²) in [5.74, 6) is -0.00978. The number of nitrogens with zero attached hydrogens (tertiary/aromatic N) is 1. The van der Waals surface area contributed by atoms with Crippen molar-refractivity contribution in [3.05, 3.63) is 69.7 Å². The van der Waals surface area contributed by atoms with Crippen molar-refractivity contribution in [2.24, 2.45) is 0 Å². The number of carbonyl (C=O) groups excluding carboxylic acids is 1. The van der Waals surface area contributed by atoms with Gasteiger partial charge >= 0.3 is 0 Å². The molecule has 3 rings (SSSR count). The maximum Gasteiger partial charge on any atom is 0.251 e. The van der Waals surface area contributed by atoms with Crippen molar-refractivity contribution in [1.82, 2.24) is 10.2 Å². The van der Waals surface area contributed by atoms with Gasteiger partial charge in [0.05, 0.1) is 6.04 Å². The predicted molar refractivity (Wildman–Crippen MR) is 118 cm³/mol. The molecular formula is C22H28BrClN2O. The number of aryl methyl sites for hydroxylation is 1. The molecule has 0 aliphatic carbocycles. The second kappa shape index (κ2) is 10.8. The van der Waals surface area contributed by atoms with Crippen molar-refractivity contribution in [1.29, 1.82) is 0 Å². The first-order valence-corrected chi connectivity index (χ1v) is 10.3. The molecule has 3 nitrogen and oxygen atoms in total. The van der Waals surface area contributed by atoms with Gasteiger partial charge in [0, 0.05) is 16.6 Å². The van der Waals surface area contributed by atoms with E-state index in [2.05, 4.69) is 57.3 Å². The summed E-state index contributed by atoms with van der Waals surface area (Å²) in [6.45, 7) is 4.96. The second-order valence-electron chi connectivity index (χ2n) is 7.09. The van der Waals surface area contributed by atoms with Crippen LogP contribution >= 0.6 is 28.3 Å². The summed E-state index contributed by atoms with van der Waals surface area (Å²) in [5.41, 5.74) is 3.25. The summed E-state index contributed by atoms with van der Waals surface area (Å²) < 4.78 is 0.983. The minimum atomic E-state index is -0.00978. The zero-order valence-electron chi connectivity index (χ0n) is 15.8. The fourth-order valence-electron chi connectivity index (χ4n) is 3.55. The number of halogens is 2. The van der Waals surface area contributed by atoms with Gasteiger partial charge in [0.1, 0.15) is 0 Å². The molecule has 2 aromatic rings. The molecule has 2 aromatic carbocycles. The predicted octanol–water partition coefficient (Wildman–Crippen LogP) is 5.53. The Bertz CT molecular complexity index is 710. The van der Waals surface area contributed by atoms with Gasteiger partial charge in [-0.25, -0.2) is 0 Å². The normalized spacial score (nSPS) is 16.1. The molecule has 0 bridgehead atoms. The van der Waals surface area contributed by atoms with E-state index in [1.807, 2.05) is 24.3 Å². The topological polar surface area (TPSA) is 32.3 Å². The first-order chi connectivity index (χ1) is 12.6. The van der Waals surface area contributed by atoms with Crippen LogP contribution in [-0.2, 0) is 0 Å². The van der Waals surface area contributed by atoms with Crippen LogP contribution in [-0.4, -0.2) is 30.4 Å². The Morgan fingerprint density at radius 3 is 2.19 bits per heavy atom. The summed E-state index contributed by atoms with van der Waals surface area (Å²) >= 11 is 3.41. The number of nitrogens with one attached hydrogen (secondary N) is 1. The van der Waals surface area contributed by atoms with Crippen LogP contribution in [0.1, 0.15) is 53.2 Å². The Morgan fingerprint density at radius 1 is 1.00 bits per heavy atom. The second-order valence-corrected chi connectivity index (χ2v) is 8.01. The van der Waals surface area contributed by atoms with Gasteiger partial charge < -0.3 is 5.32 Å². The monoisotopic (exact) mass is 450 g/mol. The van der Waals surface area contributed by atoms with Gasteiger partial charge in [0.2, 0.25) is 0 Å². The van der Waals surface area contributed by atoms with Gasteiger partial charge in [-0.1, -0.05) is 58.6 Å². The van der Waals surface area contributed by atoms with Crippen LogP contribution in [0.25, 0.3) is 0 Å². The van der Waals surface area contributed by atoms with E-state index in [1.54, 1.807) is 0 Å². The Balaban J connectivity index is 0.00000261. The third-order valence-corrected chi connectivity index (χ3v) is 5.63. The van der Waals surface area contributed by atoms with E-state index in [0.717, 1.165) is 17.6 Å². The Kier molecular flexibility index (Phi) is 8.81. The van der Waals surface area contributed by atoms with Crippen molar-refractivity contribution in [2.75, 3.05) is 19.6 Å². The standard InChI is InChI=1S/C22H27BrN2O.ClH/c1-17-6-8-18(9-7-17)21(25-14-4-2-3-5-15-25)16-24-22(26)19-10-12-20(23)13-11-19;/h6-13,21H,2-5,14-16H2,1H3,(H,24,26);1H. The van der Waals surface area contributed by atoms with E-state index < -0.39 is 0 Å². The van der Waals surface area contributed by atoms with Gasteiger partial charge in [0.25, 0.3) is 5.91 Å². The lowest BCUT2D eigenvalue weighted by Crippen LogP contribution is -2.38. The largest absolute Gasteiger partial charge is 0.350 e. The molecule has 1 saturated heterocycles. The highest BCUT2D eigenvalue weighted by molar-refractivity contribution is 9.10. The maximum atomic E-state index is 12.6. The van der Waals surface area contributed by atoms with Gasteiger partial charge in [-0.15, -0.1) is 12.4 Å². The van der Waals surface area contributed by atoms with E-state index in [4.69, 9.17) is 0 Å². The Labute approximate surface area is 177 Å². The highest BCUT2D eigenvalue weighted by atomic mass is 79.9. The molecule has 1 aliphatic heterocycles. The molecule has 1 N–H and O–H groups in total. The SMILES string of the molecule is Cc1ccc(C(CNC(=O)c2ccc(Br)cc2)N2CCCCCC2)cc1.Cl. The first kappa shape index (κ1) is 21.9. The fraction of sp³-hybridized carbons (Fsp3) is 0.409. The van der Waals surface area contributed by atoms with Crippen LogP contribution < -0.4 is 5.32 Å². The Morgan fingerprint density at radius 2 is 1.59 bits per heavy atom. The maximum absolute atomic E-state index is 12.6. The molecule has 1 amide bonds. The molecular weight excluding hydrogens is 424 g/mol. The van der Waals surface area contributed by atoms with Crippen LogP contribution in [0.4, 0.5) is 0 Å². The van der Waals surface area contributed by atoms with Gasteiger partial charge in [-0.05, 0) is 62.7 Å². The zero-order chi connectivity index (χ0) is 18.4. The highest BCUT2D eigenvalue weighted by Crippen LogP contribution is 2.24. The number of amides is 1. The molecule has 27 heavy (non-hydrogen) atoms. The molecule has 1 unspecified atom stereocenters. The first-order valence-electron chi connectivity index (χ1n) is 9.48. The van der Waals surface area contributed by atoms with Crippen LogP contribution in [0.2, 0.25) is 0 Å². The van der Waals surface area contributed by atoms with Crippen LogP contribution in [0, 0.1) is 6.92 Å². The van der Waals surface area contributed by atoms with E-state index in [-0.39, 0.29) is 24.4 Å². The molecule has 0 saturated carbocycles. The fourth-order valence-corrected chi connectivity index (χ4v) is 3.81. The van der Waals surface area contributed by atoms with Crippen molar-refractivity contribution in [2.45, 2.75) is 38.6 Å². The minimum absolute atomic E-state index is 0. The molecule has 1 fully saturated rings. The number of hydrogen-bond acceptors (Lipinski definition) is 2. The molecule has 0 radical (unpaired) electrons. The van der Waals surface area contributed by atoms with E-state index in [0.29, 0.717) is 12.1 Å². The minimum Gasteiger partial charge on any atom is -0.350 e. The molecule has 0 aromatic heterocycles. The number of benzene rings is 2. The lowest BCUT2D eigenvalue weighted by atomic mass is 10.0. The lowest BCUT2D eigenvalue weighted by Gasteiger charge is -2.31. The van der Waals surface area contributed by atoms with Gasteiger partial charge in [-0.2, -0.15) is 0 Å². The third kappa shape index (κ3) is 6.34. The van der Waals surface area contributed by atoms with Crippen LogP contribution in [0.3, 0.4) is 0 Å². The van der Waals surface area contributed by atoms with Crippen molar-refractivity contribution >= 4 is 34.2 Å². The quantitative estimate of drug-likeness (QED) is 0.648. The van der Waals surface area contributed by atoms with E-state index in [9.17, 15) is 4.79 Å². The van der Waals surface area contributed by atoms with Gasteiger partial charge in [-0.3, -0.25) is 9.69 Å². The Hall–Kier alpha value is -1.36. The molecule has 1 aliphatic rings. The summed E-state index contributed by atoms with van der Waals surface area (Å²) in [4.78, 5) is 15.1. The van der Waals surface area contributed by atoms with E-state index in [1.165, 1.54) is 36.8 Å². The van der Waals surface area contributed by atoms with Crippen LogP contribution in [0.5, 0.6) is 0 Å². The molecule has 1 heterocycles. The van der Waals surface area contributed by atoms with E-state index >= 15 is 0 Å². The third-order valence-electron chi connectivity index (χ3n) is 5.11. The van der Waals surface area contributed by atoms with Crippen molar-refractivity contribution < 1.29 is 4.79 Å². The zero-order valence-corrected chi connectivity index (χ0v) is 18.2. The average molecular weight is 452 g/mol. The average Bonchev–Trinajstić information content (AvgIpc) is 2.93. The number of likely N-dealkylation sites (tertiary alicyclic amines) is 1. The number of rotatable bonds is 5. The summed E-state index contributed by atoms with van der Waals surface area (Å²) in [6.07, 6.45) is 5.09. The number of hydrogen-bond donors (Lipinski definition) is 1. The van der Waals surface area contributed by atoms with Crippen LogP contribution in [0.15, 0.2) is 53.0 Å². The van der Waals surface area contributed by atoms with Crippen molar-refractivity contribution in [3.8, 4) is 0 Å². The highest BCUT2D eigenvalue weighted by Gasteiger charge is 2.22. The molecule has 5 heteroatoms. The molecule has 146 valence electrons. The summed E-state index contributed by atoms with van der Waals surface area (Å²) in [7, 11) is 0. The molecule has 0 spiro atoms.